The van der Waals surface area contributed by atoms with Crippen LogP contribution < -0.4 is 4.90 Å². The molecule has 2 aromatic heterocycles. The van der Waals surface area contributed by atoms with E-state index >= 15 is 0 Å². The van der Waals surface area contributed by atoms with Gasteiger partial charge in [-0.05, 0) is 87.6 Å². The van der Waals surface area contributed by atoms with Crippen LogP contribution in [0.4, 0.5) is 17.1 Å². The van der Waals surface area contributed by atoms with Crippen molar-refractivity contribution in [2.24, 2.45) is 0 Å². The van der Waals surface area contributed by atoms with Crippen LogP contribution in [0.25, 0.3) is 73.4 Å². The van der Waals surface area contributed by atoms with Crippen LogP contribution in [0, 0.1) is 0 Å². The molecule has 230 valence electrons. The summed E-state index contributed by atoms with van der Waals surface area (Å²) in [6.45, 7) is 0. The van der Waals surface area contributed by atoms with Gasteiger partial charge in [0, 0.05) is 57.4 Å². The van der Waals surface area contributed by atoms with Gasteiger partial charge in [-0.1, -0.05) is 121 Å². The minimum Gasteiger partial charge on any atom is -0.310 e. The summed E-state index contributed by atoms with van der Waals surface area (Å²) in [5, 5.41) is 7.79. The van der Waals surface area contributed by atoms with Crippen LogP contribution in [-0.4, -0.2) is 0 Å². The van der Waals surface area contributed by atoms with Crippen LogP contribution in [0.2, 0.25) is 0 Å². The molecule has 0 atom stereocenters. The Labute approximate surface area is 292 Å². The lowest BCUT2D eigenvalue weighted by Crippen LogP contribution is -2.09. The average molecular weight is 660 g/mol. The van der Waals surface area contributed by atoms with E-state index in [9.17, 15) is 0 Å². The Morgan fingerprint density at radius 2 is 0.796 bits per heavy atom. The first kappa shape index (κ1) is 28.3. The lowest BCUT2D eigenvalue weighted by Gasteiger charge is -2.26. The van der Waals surface area contributed by atoms with E-state index in [1.807, 2.05) is 22.7 Å². The van der Waals surface area contributed by atoms with Crippen molar-refractivity contribution in [2.75, 3.05) is 4.90 Å². The lowest BCUT2D eigenvalue weighted by atomic mass is 9.95. The molecule has 8 aromatic carbocycles. The van der Waals surface area contributed by atoms with E-state index in [4.69, 9.17) is 0 Å². The molecule has 0 spiro atoms. The highest BCUT2D eigenvalue weighted by Crippen LogP contribution is 2.44. The van der Waals surface area contributed by atoms with E-state index < -0.39 is 0 Å². The SMILES string of the molecule is c1cc(-c2cccc(N(c3ccc4c(c3)sc3ccccc34)c3ccc4c(c3)sc3ccccc34)c2)cc(-c2cccc3ccccc23)c1. The van der Waals surface area contributed by atoms with Crippen molar-refractivity contribution in [3.05, 3.63) is 176 Å². The first-order valence-corrected chi connectivity index (χ1v) is 18.2. The van der Waals surface area contributed by atoms with E-state index in [-0.39, 0.29) is 0 Å². The Kier molecular flexibility index (Phi) is 6.61. The summed E-state index contributed by atoms with van der Waals surface area (Å²) < 4.78 is 5.23. The summed E-state index contributed by atoms with van der Waals surface area (Å²) in [5.41, 5.74) is 8.31. The monoisotopic (exact) mass is 659 g/mol. The zero-order valence-electron chi connectivity index (χ0n) is 26.5. The smallest absolute Gasteiger partial charge is 0.0476 e. The highest BCUT2D eigenvalue weighted by molar-refractivity contribution is 7.26. The highest BCUT2D eigenvalue weighted by atomic mass is 32.1. The number of rotatable bonds is 5. The molecule has 0 aliphatic heterocycles. The van der Waals surface area contributed by atoms with Gasteiger partial charge in [0.25, 0.3) is 0 Å². The molecule has 0 aliphatic carbocycles. The maximum absolute atomic E-state index is 2.42. The van der Waals surface area contributed by atoms with E-state index in [1.54, 1.807) is 0 Å². The molecule has 0 amide bonds. The number of fused-ring (bicyclic) bond motifs is 7. The molecule has 1 nitrogen and oxygen atoms in total. The lowest BCUT2D eigenvalue weighted by molar-refractivity contribution is 1.30. The van der Waals surface area contributed by atoms with Crippen molar-refractivity contribution in [1.29, 1.82) is 0 Å². The summed E-state index contributed by atoms with van der Waals surface area (Å²) in [5.74, 6) is 0. The molecule has 0 N–H and O–H groups in total. The zero-order chi connectivity index (χ0) is 32.3. The molecule has 10 aromatic rings. The minimum absolute atomic E-state index is 1.13. The van der Waals surface area contributed by atoms with E-state index in [0.717, 1.165) is 17.1 Å². The molecule has 2 heterocycles. The van der Waals surface area contributed by atoms with Crippen molar-refractivity contribution >= 4 is 90.9 Å². The minimum atomic E-state index is 1.13. The number of anilines is 3. The van der Waals surface area contributed by atoms with Gasteiger partial charge in [0.15, 0.2) is 0 Å². The largest absolute Gasteiger partial charge is 0.310 e. The Hall–Kier alpha value is -5.74. The summed E-state index contributed by atoms with van der Waals surface area (Å²) in [6, 6.07) is 64.5. The van der Waals surface area contributed by atoms with Crippen LogP contribution in [0.1, 0.15) is 0 Å². The number of thiophene rings is 2. The first-order valence-electron chi connectivity index (χ1n) is 16.6. The number of nitrogens with zero attached hydrogens (tertiary/aromatic N) is 1. The van der Waals surface area contributed by atoms with Gasteiger partial charge in [0.2, 0.25) is 0 Å². The van der Waals surface area contributed by atoms with Gasteiger partial charge in [0.05, 0.1) is 0 Å². The molecule has 0 radical (unpaired) electrons. The summed E-state index contributed by atoms with van der Waals surface area (Å²) in [6.07, 6.45) is 0. The molecule has 49 heavy (non-hydrogen) atoms. The molecular formula is C46H29NS2. The fourth-order valence-electron chi connectivity index (χ4n) is 7.32. The molecule has 10 rings (SSSR count). The summed E-state index contributed by atoms with van der Waals surface area (Å²) in [4.78, 5) is 2.42. The molecule has 0 saturated heterocycles. The van der Waals surface area contributed by atoms with Crippen LogP contribution >= 0.6 is 22.7 Å². The van der Waals surface area contributed by atoms with Crippen molar-refractivity contribution in [3.63, 3.8) is 0 Å². The highest BCUT2D eigenvalue weighted by Gasteiger charge is 2.17. The van der Waals surface area contributed by atoms with E-state index in [1.165, 1.54) is 73.4 Å². The molecule has 0 unspecified atom stereocenters. The normalized spacial score (nSPS) is 11.7. The fourth-order valence-corrected chi connectivity index (χ4v) is 9.60. The van der Waals surface area contributed by atoms with Gasteiger partial charge in [-0.25, -0.2) is 0 Å². The van der Waals surface area contributed by atoms with Gasteiger partial charge in [-0.2, -0.15) is 0 Å². The third kappa shape index (κ3) is 4.82. The third-order valence-electron chi connectivity index (χ3n) is 9.64. The maximum Gasteiger partial charge on any atom is 0.0476 e. The predicted molar refractivity (Wildman–Crippen MR) is 215 cm³/mol. The molecule has 0 fully saturated rings. The standard InChI is InChI=1S/C46H29NS2/c1-2-16-37-30(10-1)11-9-19-38(37)33-14-7-12-31(26-33)32-13-8-15-34(27-32)47(35-22-24-41-39-17-3-5-20-43(39)48-45(41)28-35)36-23-25-42-40-18-4-6-21-44(40)49-46(42)29-36/h1-29H. The molecular weight excluding hydrogens is 631 g/mol. The Morgan fingerprint density at radius 1 is 0.306 bits per heavy atom. The predicted octanol–water partition coefficient (Wildman–Crippen LogP) is 14.4. The van der Waals surface area contributed by atoms with Gasteiger partial charge in [0.1, 0.15) is 0 Å². The van der Waals surface area contributed by atoms with Gasteiger partial charge in [-0.3, -0.25) is 0 Å². The number of benzene rings is 8. The quantitative estimate of drug-likeness (QED) is 0.178. The Morgan fingerprint density at radius 3 is 1.49 bits per heavy atom. The van der Waals surface area contributed by atoms with Gasteiger partial charge in [-0.15, -0.1) is 22.7 Å². The molecule has 0 aliphatic rings. The number of hydrogen-bond donors (Lipinski definition) is 0. The van der Waals surface area contributed by atoms with Gasteiger partial charge < -0.3 is 4.90 Å². The van der Waals surface area contributed by atoms with E-state index in [0.29, 0.717) is 0 Å². The van der Waals surface area contributed by atoms with Crippen LogP contribution in [-0.2, 0) is 0 Å². The second-order valence-electron chi connectivity index (χ2n) is 12.6. The van der Waals surface area contributed by atoms with Crippen LogP contribution in [0.3, 0.4) is 0 Å². The van der Waals surface area contributed by atoms with Crippen molar-refractivity contribution in [3.8, 4) is 22.3 Å². The van der Waals surface area contributed by atoms with Crippen molar-refractivity contribution < 1.29 is 0 Å². The first-order chi connectivity index (χ1) is 24.3. The number of hydrogen-bond acceptors (Lipinski definition) is 3. The molecule has 0 bridgehead atoms. The molecule has 3 heteroatoms. The summed E-state index contributed by atoms with van der Waals surface area (Å²) in [7, 11) is 0. The maximum atomic E-state index is 2.42. The van der Waals surface area contributed by atoms with Crippen LogP contribution in [0.15, 0.2) is 176 Å². The Balaban J connectivity index is 1.13. The third-order valence-corrected chi connectivity index (χ3v) is 11.9. The fraction of sp³-hybridized carbons (Fsp3) is 0. The average Bonchev–Trinajstić information content (AvgIpc) is 3.72. The van der Waals surface area contributed by atoms with E-state index in [2.05, 4.69) is 181 Å². The second kappa shape index (κ2) is 11.5. The Bertz CT molecular complexity index is 2740. The van der Waals surface area contributed by atoms with Crippen molar-refractivity contribution in [1.82, 2.24) is 0 Å². The topological polar surface area (TPSA) is 3.24 Å². The van der Waals surface area contributed by atoms with Gasteiger partial charge >= 0.3 is 0 Å². The zero-order valence-corrected chi connectivity index (χ0v) is 28.1. The second-order valence-corrected chi connectivity index (χ2v) is 14.7. The summed E-state index contributed by atoms with van der Waals surface area (Å²) >= 11 is 3.73. The molecule has 0 saturated carbocycles. The van der Waals surface area contributed by atoms with Crippen molar-refractivity contribution in [2.45, 2.75) is 0 Å². The van der Waals surface area contributed by atoms with Crippen LogP contribution in [0.5, 0.6) is 0 Å².